The molecular weight excluding hydrogens is 629 g/mol. The summed E-state index contributed by atoms with van der Waals surface area (Å²) in [6.45, 7) is 3.91. The third kappa shape index (κ3) is 8.87. The van der Waals surface area contributed by atoms with Crippen molar-refractivity contribution < 1.29 is 18.0 Å². The van der Waals surface area contributed by atoms with Crippen LogP contribution in [0.1, 0.15) is 36.5 Å². The average Bonchev–Trinajstić information content (AvgIpc) is 3.04. The summed E-state index contributed by atoms with van der Waals surface area (Å²) in [6, 6.07) is 28.6. The summed E-state index contributed by atoms with van der Waals surface area (Å²) in [4.78, 5) is 29.8. The zero-order valence-electron chi connectivity index (χ0n) is 25.3. The number of unbranched alkanes of at least 4 members (excludes halogenated alkanes) is 1. The molecule has 4 aromatic carbocycles. The monoisotopic (exact) mass is 665 g/mol. The predicted octanol–water partition coefficient (Wildman–Crippen LogP) is 7.05. The Balaban J connectivity index is 1.81. The van der Waals surface area contributed by atoms with Crippen molar-refractivity contribution in [3.8, 4) is 0 Å². The lowest BCUT2D eigenvalue weighted by atomic mass is 10.0. The molecule has 45 heavy (non-hydrogen) atoms. The van der Waals surface area contributed by atoms with Gasteiger partial charge in [0.1, 0.15) is 12.6 Å². The highest BCUT2D eigenvalue weighted by Gasteiger charge is 2.35. The summed E-state index contributed by atoms with van der Waals surface area (Å²) in [7, 11) is -4.28. The van der Waals surface area contributed by atoms with Crippen LogP contribution < -0.4 is 9.62 Å². The highest BCUT2D eigenvalue weighted by atomic mass is 35.5. The number of rotatable bonds is 14. The number of aryl methyl sites for hydroxylation is 1. The number of anilines is 1. The predicted molar refractivity (Wildman–Crippen MR) is 181 cm³/mol. The fourth-order valence-corrected chi connectivity index (χ4v) is 6.88. The molecule has 0 unspecified atom stereocenters. The van der Waals surface area contributed by atoms with Crippen LogP contribution in [-0.4, -0.2) is 44.3 Å². The number of hydrogen-bond acceptors (Lipinski definition) is 4. The summed E-state index contributed by atoms with van der Waals surface area (Å²) in [5.74, 6) is -0.884. The minimum absolute atomic E-state index is 0.00477. The smallest absolute Gasteiger partial charge is 0.264 e. The van der Waals surface area contributed by atoms with Gasteiger partial charge in [-0.3, -0.25) is 13.9 Å². The molecule has 10 heteroatoms. The molecule has 4 rings (SSSR count). The van der Waals surface area contributed by atoms with Gasteiger partial charge in [-0.05, 0) is 48.7 Å². The van der Waals surface area contributed by atoms with E-state index in [4.69, 9.17) is 23.2 Å². The summed E-state index contributed by atoms with van der Waals surface area (Å²) < 4.78 is 29.2. The normalized spacial score (nSPS) is 11.9. The van der Waals surface area contributed by atoms with E-state index in [1.54, 1.807) is 30.3 Å². The topological polar surface area (TPSA) is 86.8 Å². The van der Waals surface area contributed by atoms with Gasteiger partial charge in [0.15, 0.2) is 0 Å². The van der Waals surface area contributed by atoms with Gasteiger partial charge in [0.05, 0.1) is 20.6 Å². The third-order valence-electron chi connectivity index (χ3n) is 7.35. The number of amides is 2. The number of nitrogens with one attached hydrogen (secondary N) is 1. The molecule has 0 saturated heterocycles. The van der Waals surface area contributed by atoms with Gasteiger partial charge in [0.2, 0.25) is 11.8 Å². The number of sulfonamides is 1. The van der Waals surface area contributed by atoms with E-state index in [9.17, 15) is 18.0 Å². The van der Waals surface area contributed by atoms with Crippen LogP contribution in [0.4, 0.5) is 5.69 Å². The van der Waals surface area contributed by atoms with E-state index in [0.29, 0.717) is 6.54 Å². The molecule has 0 bridgehead atoms. The summed E-state index contributed by atoms with van der Waals surface area (Å²) in [6.07, 6.45) is 1.91. The van der Waals surface area contributed by atoms with Gasteiger partial charge in [-0.2, -0.15) is 0 Å². The molecule has 0 heterocycles. The fourth-order valence-electron chi connectivity index (χ4n) is 4.99. The van der Waals surface area contributed by atoms with Gasteiger partial charge in [0.25, 0.3) is 10.0 Å². The Morgan fingerprint density at radius 2 is 1.49 bits per heavy atom. The quantitative estimate of drug-likeness (QED) is 0.146. The van der Waals surface area contributed by atoms with E-state index in [2.05, 4.69) is 5.32 Å². The lowest BCUT2D eigenvalue weighted by molar-refractivity contribution is -0.140. The van der Waals surface area contributed by atoms with Crippen LogP contribution in [0.3, 0.4) is 0 Å². The largest absolute Gasteiger partial charge is 0.354 e. The van der Waals surface area contributed by atoms with Crippen molar-refractivity contribution >= 4 is 50.7 Å². The lowest BCUT2D eigenvalue weighted by Crippen LogP contribution is -2.53. The maximum Gasteiger partial charge on any atom is 0.264 e. The van der Waals surface area contributed by atoms with E-state index in [1.807, 2.05) is 68.4 Å². The van der Waals surface area contributed by atoms with Crippen LogP contribution in [0.15, 0.2) is 108 Å². The number of halogens is 2. The summed E-state index contributed by atoms with van der Waals surface area (Å²) in [5.41, 5.74) is 2.72. The van der Waals surface area contributed by atoms with Crippen molar-refractivity contribution in [3.63, 3.8) is 0 Å². The van der Waals surface area contributed by atoms with Crippen molar-refractivity contribution in [1.82, 2.24) is 10.2 Å². The number of nitrogens with zero attached hydrogens (tertiary/aromatic N) is 2. The maximum atomic E-state index is 14.5. The van der Waals surface area contributed by atoms with Gasteiger partial charge in [-0.15, -0.1) is 0 Å². The SMILES string of the molecule is CCCCNC(=O)[C@H](Cc1ccccc1)N(Cc1cccc(C)c1)C(=O)CN(c1cccc(Cl)c1Cl)S(=O)(=O)c1ccccc1. The molecule has 7 nitrogen and oxygen atoms in total. The summed E-state index contributed by atoms with van der Waals surface area (Å²) >= 11 is 12.9. The Morgan fingerprint density at radius 3 is 2.16 bits per heavy atom. The van der Waals surface area contributed by atoms with Crippen molar-refractivity contribution in [3.05, 3.63) is 130 Å². The molecule has 0 aromatic heterocycles. The molecule has 0 fully saturated rings. The van der Waals surface area contributed by atoms with Crippen LogP contribution in [0.5, 0.6) is 0 Å². The molecule has 0 spiro atoms. The van der Waals surface area contributed by atoms with E-state index in [0.717, 1.165) is 33.8 Å². The average molecular weight is 667 g/mol. The molecule has 2 amide bonds. The van der Waals surface area contributed by atoms with Crippen LogP contribution in [0, 0.1) is 6.92 Å². The maximum absolute atomic E-state index is 14.5. The zero-order chi connectivity index (χ0) is 32.4. The molecule has 0 saturated carbocycles. The highest BCUT2D eigenvalue weighted by molar-refractivity contribution is 7.92. The first-order valence-corrected chi connectivity index (χ1v) is 17.0. The van der Waals surface area contributed by atoms with Crippen LogP contribution in [0.25, 0.3) is 0 Å². The molecule has 4 aromatic rings. The Bertz CT molecular complexity index is 1700. The first kappa shape index (κ1) is 34.0. The molecule has 0 aliphatic carbocycles. The second-order valence-corrected chi connectivity index (χ2v) is 13.4. The van der Waals surface area contributed by atoms with E-state index in [1.165, 1.54) is 23.1 Å². The third-order valence-corrected chi connectivity index (χ3v) is 9.93. The molecule has 0 aliphatic heterocycles. The molecule has 1 N–H and O–H groups in total. The Kier molecular flexibility index (Phi) is 12.0. The minimum atomic E-state index is -4.28. The van der Waals surface area contributed by atoms with Crippen molar-refractivity contribution in [1.29, 1.82) is 0 Å². The van der Waals surface area contributed by atoms with Crippen LogP contribution in [-0.2, 0) is 32.6 Å². The van der Waals surface area contributed by atoms with Gasteiger partial charge in [-0.25, -0.2) is 8.42 Å². The van der Waals surface area contributed by atoms with E-state index in [-0.39, 0.29) is 39.5 Å². The number of benzene rings is 4. The van der Waals surface area contributed by atoms with Crippen molar-refractivity contribution in [2.75, 3.05) is 17.4 Å². The van der Waals surface area contributed by atoms with Gasteiger partial charge >= 0.3 is 0 Å². The first-order valence-electron chi connectivity index (χ1n) is 14.8. The van der Waals surface area contributed by atoms with E-state index >= 15 is 0 Å². The Hall–Kier alpha value is -3.85. The molecule has 236 valence electrons. The second-order valence-electron chi connectivity index (χ2n) is 10.8. The van der Waals surface area contributed by atoms with Crippen LogP contribution in [0.2, 0.25) is 10.0 Å². The van der Waals surface area contributed by atoms with Gasteiger partial charge < -0.3 is 10.2 Å². The molecular formula is C35H37Cl2N3O4S. The fraction of sp³-hybridized carbons (Fsp3) is 0.257. The zero-order valence-corrected chi connectivity index (χ0v) is 27.7. The Labute approximate surface area is 275 Å². The molecule has 0 aliphatic rings. The summed E-state index contributed by atoms with van der Waals surface area (Å²) in [5, 5.41) is 3.13. The minimum Gasteiger partial charge on any atom is -0.354 e. The molecule has 1 atom stereocenters. The second kappa shape index (κ2) is 15.9. The molecule has 0 radical (unpaired) electrons. The van der Waals surface area contributed by atoms with Crippen molar-refractivity contribution in [2.45, 2.75) is 50.6 Å². The number of carbonyl (C=O) groups excluding carboxylic acids is 2. The first-order chi connectivity index (χ1) is 21.6. The standard InChI is InChI=1S/C35H37Cl2N3O4S/c1-3-4-21-38-35(42)32(23-27-14-7-5-8-15-27)39(24-28-16-11-13-26(2)22-28)33(41)25-40(31-20-12-19-30(36)34(31)37)45(43,44)29-17-9-6-10-18-29/h5-20,22,32H,3-4,21,23-25H2,1-2H3,(H,38,42)/t32-/m0/s1. The Morgan fingerprint density at radius 1 is 0.844 bits per heavy atom. The van der Waals surface area contributed by atoms with Gasteiger partial charge in [0, 0.05) is 19.5 Å². The van der Waals surface area contributed by atoms with Gasteiger partial charge in [-0.1, -0.05) is 121 Å². The van der Waals surface area contributed by atoms with E-state index < -0.39 is 28.5 Å². The van der Waals surface area contributed by atoms with Crippen LogP contribution >= 0.6 is 23.2 Å². The lowest BCUT2D eigenvalue weighted by Gasteiger charge is -2.34. The number of carbonyl (C=O) groups is 2. The highest BCUT2D eigenvalue weighted by Crippen LogP contribution is 2.35. The number of hydrogen-bond donors (Lipinski definition) is 1. The van der Waals surface area contributed by atoms with Crippen molar-refractivity contribution in [2.24, 2.45) is 0 Å².